The summed E-state index contributed by atoms with van der Waals surface area (Å²) >= 11 is 0. The topological polar surface area (TPSA) is 108 Å². The highest BCUT2D eigenvalue weighted by atomic mass is 16.7. The largest absolute Gasteiger partial charge is 0.477 e. The van der Waals surface area contributed by atoms with Gasteiger partial charge in [-0.15, -0.1) is 0 Å². The van der Waals surface area contributed by atoms with Crippen molar-refractivity contribution in [3.8, 4) is 0 Å². The van der Waals surface area contributed by atoms with E-state index in [0.29, 0.717) is 23.9 Å². The van der Waals surface area contributed by atoms with E-state index in [1.807, 2.05) is 21.1 Å². The molecule has 0 amide bonds. The Morgan fingerprint density at radius 3 is 1.08 bits per heavy atom. The molecule has 454 valence electrons. The Labute approximate surface area is 486 Å². The Morgan fingerprint density at radius 1 is 0.392 bits per heavy atom. The number of ether oxygens (including phenoxy) is 4. The first kappa shape index (κ1) is 75.2. The second kappa shape index (κ2) is 60.3. The Hall–Kier alpha value is -3.79. The molecule has 0 radical (unpaired) electrons. The van der Waals surface area contributed by atoms with Crippen molar-refractivity contribution in [3.05, 3.63) is 97.2 Å². The number of carbonyl (C=O) groups excluding carboxylic acids is 2. The molecule has 0 bridgehead atoms. The van der Waals surface area contributed by atoms with Crippen molar-refractivity contribution in [2.24, 2.45) is 0 Å². The van der Waals surface area contributed by atoms with E-state index in [1.165, 1.54) is 148 Å². The minimum absolute atomic E-state index is 0.181. The summed E-state index contributed by atoms with van der Waals surface area (Å²) < 4.78 is 22.9. The Balaban J connectivity index is 4.17. The number of aliphatic carboxylic acids is 1. The number of likely N-dealkylation sites (N-methyl/N-ethyl adjacent to an activating group) is 1. The van der Waals surface area contributed by atoms with Crippen molar-refractivity contribution in [1.82, 2.24) is 0 Å². The summed E-state index contributed by atoms with van der Waals surface area (Å²) in [5.41, 5.74) is 0. The van der Waals surface area contributed by atoms with Crippen molar-refractivity contribution in [2.75, 3.05) is 47.5 Å². The highest BCUT2D eigenvalue weighted by Crippen LogP contribution is 2.16. The molecular formula is C70H122NO8+. The normalized spacial score (nSPS) is 13.4. The summed E-state index contributed by atoms with van der Waals surface area (Å²) in [4.78, 5) is 37.5. The number of carboxylic acids is 1. The van der Waals surface area contributed by atoms with Gasteiger partial charge >= 0.3 is 17.9 Å². The monoisotopic (exact) mass is 1100 g/mol. The molecule has 0 aromatic carbocycles. The summed E-state index contributed by atoms with van der Waals surface area (Å²) in [5.74, 6) is -2.02. The van der Waals surface area contributed by atoms with Crippen LogP contribution in [0.3, 0.4) is 0 Å². The molecule has 0 aliphatic carbocycles. The second-order valence-electron chi connectivity index (χ2n) is 22.7. The van der Waals surface area contributed by atoms with Crippen LogP contribution in [-0.2, 0) is 33.3 Å². The van der Waals surface area contributed by atoms with Gasteiger partial charge in [-0.05, 0) is 96.3 Å². The van der Waals surface area contributed by atoms with Gasteiger partial charge in [0.1, 0.15) is 13.2 Å². The lowest BCUT2D eigenvalue weighted by Gasteiger charge is -2.25. The third kappa shape index (κ3) is 61.7. The SMILES string of the molecule is CC/C=C\C/C=C\C/C=C\C/C=C\C/C=C\CCCCCCCCCC(=O)OC(COC(=O)CCCCCCCCCCCCCCCCCC/C=C\C/C=C\C/C=C\CCCCCCC)COC(OCC[N+](C)(C)C)C(=O)O. The Morgan fingerprint density at radius 2 is 0.722 bits per heavy atom. The van der Waals surface area contributed by atoms with Gasteiger partial charge in [-0.2, -0.15) is 0 Å². The lowest BCUT2D eigenvalue weighted by atomic mass is 10.0. The van der Waals surface area contributed by atoms with Crippen LogP contribution < -0.4 is 0 Å². The summed E-state index contributed by atoms with van der Waals surface area (Å²) in [6.45, 7) is 4.75. The van der Waals surface area contributed by atoms with Gasteiger partial charge in [-0.3, -0.25) is 9.59 Å². The van der Waals surface area contributed by atoms with Gasteiger partial charge in [0, 0.05) is 12.8 Å². The summed E-state index contributed by atoms with van der Waals surface area (Å²) in [7, 11) is 5.97. The average Bonchev–Trinajstić information content (AvgIpc) is 3.42. The zero-order valence-corrected chi connectivity index (χ0v) is 51.8. The quantitative estimate of drug-likeness (QED) is 0.0211. The lowest BCUT2D eigenvalue weighted by Crippen LogP contribution is -2.40. The smallest absolute Gasteiger partial charge is 0.361 e. The molecule has 0 rings (SSSR count). The van der Waals surface area contributed by atoms with Gasteiger partial charge in [0.2, 0.25) is 0 Å². The summed E-state index contributed by atoms with van der Waals surface area (Å²) in [6, 6.07) is 0. The van der Waals surface area contributed by atoms with Crippen molar-refractivity contribution >= 4 is 17.9 Å². The number of carboxylic acid groups (broad SMARTS) is 1. The molecule has 0 aromatic rings. The van der Waals surface area contributed by atoms with Gasteiger partial charge in [0.05, 0.1) is 34.4 Å². The first-order valence-corrected chi connectivity index (χ1v) is 32.4. The molecule has 9 nitrogen and oxygen atoms in total. The number of esters is 2. The Kier molecular flexibility index (Phi) is 57.4. The molecular weight excluding hydrogens is 983 g/mol. The molecule has 0 aliphatic rings. The molecule has 0 heterocycles. The van der Waals surface area contributed by atoms with Crippen LogP contribution in [0.4, 0.5) is 0 Å². The fourth-order valence-corrected chi connectivity index (χ4v) is 8.87. The number of hydrogen-bond donors (Lipinski definition) is 1. The first-order valence-electron chi connectivity index (χ1n) is 32.4. The van der Waals surface area contributed by atoms with Crippen LogP contribution in [0.15, 0.2) is 97.2 Å². The lowest BCUT2D eigenvalue weighted by molar-refractivity contribution is -0.870. The number of rotatable bonds is 59. The highest BCUT2D eigenvalue weighted by Gasteiger charge is 2.25. The maximum atomic E-state index is 12.9. The molecule has 1 N–H and O–H groups in total. The minimum Gasteiger partial charge on any atom is -0.477 e. The summed E-state index contributed by atoms with van der Waals surface area (Å²) in [5, 5.41) is 9.73. The molecule has 0 spiro atoms. The highest BCUT2D eigenvalue weighted by molar-refractivity contribution is 5.71. The maximum absolute atomic E-state index is 12.9. The minimum atomic E-state index is -1.52. The van der Waals surface area contributed by atoms with Crippen LogP contribution in [0.25, 0.3) is 0 Å². The number of unbranched alkanes of at least 4 members (excludes halogenated alkanes) is 28. The van der Waals surface area contributed by atoms with E-state index in [4.69, 9.17) is 18.9 Å². The van der Waals surface area contributed by atoms with Crippen molar-refractivity contribution in [2.45, 2.75) is 283 Å². The molecule has 2 unspecified atom stereocenters. The van der Waals surface area contributed by atoms with E-state index in [2.05, 4.69) is 111 Å². The van der Waals surface area contributed by atoms with E-state index in [0.717, 1.165) is 89.9 Å². The third-order valence-electron chi connectivity index (χ3n) is 13.8. The van der Waals surface area contributed by atoms with E-state index >= 15 is 0 Å². The van der Waals surface area contributed by atoms with Crippen LogP contribution in [-0.4, -0.2) is 87.4 Å². The van der Waals surface area contributed by atoms with Gasteiger partial charge < -0.3 is 28.5 Å². The standard InChI is InChI=1S/C70H121NO8/c1-6-8-10-12-14-16-18-20-22-24-26-28-30-31-32-33-34-35-36-37-39-40-42-44-46-48-50-52-54-56-58-60-67(72)77-64-66(65-78-70(69(74)75)76-63-62-71(3,4)5)79-68(73)61-59-57-55-53-51-49-47-45-43-41-38-29-27-25-23-21-19-17-15-13-11-9-7-2/h9,11,15,17-18,20-21,23-24,26-27,29-31,41,43,66,70H,6-8,10,12-14,16,19,22,25,28,32-40,42,44-65H2,1-5H3/p+1/b11-9-,17-15-,20-18-,23-21-,26-24-,29-27-,31-30-,43-41-. The fourth-order valence-electron chi connectivity index (χ4n) is 8.87. The first-order chi connectivity index (χ1) is 38.6. The van der Waals surface area contributed by atoms with E-state index in [9.17, 15) is 19.5 Å². The zero-order chi connectivity index (χ0) is 57.6. The molecule has 0 saturated carbocycles. The summed E-state index contributed by atoms with van der Waals surface area (Å²) in [6.07, 6.45) is 79.3. The van der Waals surface area contributed by atoms with E-state index in [-0.39, 0.29) is 32.2 Å². The van der Waals surface area contributed by atoms with E-state index < -0.39 is 24.3 Å². The molecule has 0 aromatic heterocycles. The Bertz CT molecular complexity index is 1620. The molecule has 79 heavy (non-hydrogen) atoms. The van der Waals surface area contributed by atoms with Crippen LogP contribution in [0, 0.1) is 0 Å². The van der Waals surface area contributed by atoms with Gasteiger partial charge in [-0.25, -0.2) is 4.79 Å². The predicted octanol–water partition coefficient (Wildman–Crippen LogP) is 19.7. The van der Waals surface area contributed by atoms with Crippen molar-refractivity contribution in [3.63, 3.8) is 0 Å². The predicted molar refractivity (Wildman–Crippen MR) is 336 cm³/mol. The van der Waals surface area contributed by atoms with Crippen LogP contribution in [0.1, 0.15) is 271 Å². The van der Waals surface area contributed by atoms with Gasteiger partial charge in [0.15, 0.2) is 6.10 Å². The van der Waals surface area contributed by atoms with Gasteiger partial charge in [-0.1, -0.05) is 259 Å². The number of hydrogen-bond acceptors (Lipinski definition) is 7. The second-order valence-corrected chi connectivity index (χ2v) is 22.7. The van der Waals surface area contributed by atoms with Crippen LogP contribution in [0.2, 0.25) is 0 Å². The van der Waals surface area contributed by atoms with Crippen molar-refractivity contribution < 1.29 is 42.9 Å². The maximum Gasteiger partial charge on any atom is 0.361 e. The number of nitrogens with zero attached hydrogens (tertiary/aromatic N) is 1. The number of allylic oxidation sites excluding steroid dienone is 16. The third-order valence-corrected chi connectivity index (χ3v) is 13.8. The fraction of sp³-hybridized carbons (Fsp3) is 0.729. The average molecular weight is 1110 g/mol. The molecule has 0 fully saturated rings. The zero-order valence-electron chi connectivity index (χ0n) is 51.8. The molecule has 2 atom stereocenters. The van der Waals surface area contributed by atoms with Crippen LogP contribution >= 0.6 is 0 Å². The molecule has 0 aliphatic heterocycles. The number of quaternary nitrogens is 1. The van der Waals surface area contributed by atoms with Crippen molar-refractivity contribution in [1.29, 1.82) is 0 Å². The number of carbonyl (C=O) groups is 3. The molecule has 0 saturated heterocycles. The van der Waals surface area contributed by atoms with E-state index in [1.54, 1.807) is 0 Å². The molecule has 9 heteroatoms. The van der Waals surface area contributed by atoms with Crippen LogP contribution in [0.5, 0.6) is 0 Å². The van der Waals surface area contributed by atoms with Gasteiger partial charge in [0.25, 0.3) is 6.29 Å².